The van der Waals surface area contributed by atoms with Crippen molar-refractivity contribution in [2.24, 2.45) is 0 Å². The maximum absolute atomic E-state index is 9.57. The summed E-state index contributed by atoms with van der Waals surface area (Å²) >= 11 is 5.24. The molecule has 0 aliphatic rings. The molecule has 1 unspecified atom stereocenters. The Morgan fingerprint density at radius 2 is 2.21 bits per heavy atom. The summed E-state index contributed by atoms with van der Waals surface area (Å²) in [6.45, 7) is 3.96. The number of halogens is 1. The van der Waals surface area contributed by atoms with Gasteiger partial charge in [-0.3, -0.25) is 0 Å². The molecule has 0 saturated heterocycles. The van der Waals surface area contributed by atoms with E-state index in [1.807, 2.05) is 12.1 Å². The zero-order chi connectivity index (χ0) is 10.6. The van der Waals surface area contributed by atoms with E-state index in [0.717, 1.165) is 22.2 Å². The summed E-state index contributed by atoms with van der Waals surface area (Å²) in [5.74, 6) is 1.09. The minimum Gasteiger partial charge on any atom is -0.389 e. The molecule has 1 aromatic rings. The van der Waals surface area contributed by atoms with Crippen molar-refractivity contribution in [2.75, 3.05) is 5.75 Å². The van der Waals surface area contributed by atoms with Crippen LogP contribution < -0.4 is 0 Å². The van der Waals surface area contributed by atoms with E-state index in [2.05, 4.69) is 28.9 Å². The standard InChI is InChI=1S/C11H15BrOS/c1-3-6-14-11-7-9(12)4-5-10(11)8(2)13/h4-5,7-8,13H,3,6H2,1-2H3. The summed E-state index contributed by atoms with van der Waals surface area (Å²) < 4.78 is 1.07. The van der Waals surface area contributed by atoms with Gasteiger partial charge in [-0.2, -0.15) is 0 Å². The van der Waals surface area contributed by atoms with Gasteiger partial charge in [0.05, 0.1) is 6.10 Å². The molecule has 0 radical (unpaired) electrons. The number of thioether (sulfide) groups is 1. The maximum atomic E-state index is 9.57. The second-order valence-corrected chi connectivity index (χ2v) is 5.26. The highest BCUT2D eigenvalue weighted by molar-refractivity contribution is 9.10. The van der Waals surface area contributed by atoms with E-state index in [1.165, 1.54) is 4.90 Å². The molecule has 0 aliphatic heterocycles. The highest BCUT2D eigenvalue weighted by Gasteiger charge is 2.08. The summed E-state index contributed by atoms with van der Waals surface area (Å²) in [6, 6.07) is 6.02. The molecule has 0 saturated carbocycles. The van der Waals surface area contributed by atoms with Crippen LogP contribution in [0.15, 0.2) is 27.6 Å². The van der Waals surface area contributed by atoms with E-state index in [-0.39, 0.29) is 6.10 Å². The van der Waals surface area contributed by atoms with Crippen LogP contribution in [0.1, 0.15) is 31.9 Å². The number of hydrogen-bond donors (Lipinski definition) is 1. The van der Waals surface area contributed by atoms with Crippen molar-refractivity contribution in [1.29, 1.82) is 0 Å². The van der Waals surface area contributed by atoms with Crippen LogP contribution in [0.4, 0.5) is 0 Å². The Labute approximate surface area is 98.0 Å². The fourth-order valence-corrected chi connectivity index (χ4v) is 2.74. The molecule has 1 rings (SSSR count). The lowest BCUT2D eigenvalue weighted by molar-refractivity contribution is 0.196. The Balaban J connectivity index is 2.91. The van der Waals surface area contributed by atoms with Gasteiger partial charge in [0.25, 0.3) is 0 Å². The molecule has 14 heavy (non-hydrogen) atoms. The first-order valence-electron chi connectivity index (χ1n) is 4.75. The Bertz CT molecular complexity index is 299. The van der Waals surface area contributed by atoms with Gasteiger partial charge in [0.15, 0.2) is 0 Å². The normalized spacial score (nSPS) is 12.9. The van der Waals surface area contributed by atoms with Crippen molar-refractivity contribution >= 4 is 27.7 Å². The second-order valence-electron chi connectivity index (χ2n) is 3.21. The van der Waals surface area contributed by atoms with Gasteiger partial charge >= 0.3 is 0 Å². The average Bonchev–Trinajstić information content (AvgIpc) is 2.14. The van der Waals surface area contributed by atoms with Crippen LogP contribution in [0, 0.1) is 0 Å². The molecule has 1 N–H and O–H groups in total. The van der Waals surface area contributed by atoms with Crippen LogP contribution >= 0.6 is 27.7 Å². The molecule has 1 nitrogen and oxygen atoms in total. The fourth-order valence-electron chi connectivity index (χ4n) is 1.19. The van der Waals surface area contributed by atoms with E-state index in [4.69, 9.17) is 0 Å². The third-order valence-electron chi connectivity index (χ3n) is 1.89. The predicted octanol–water partition coefficient (Wildman–Crippen LogP) is 4.00. The summed E-state index contributed by atoms with van der Waals surface area (Å²) in [4.78, 5) is 1.18. The average molecular weight is 275 g/mol. The molecule has 0 aromatic heterocycles. The predicted molar refractivity (Wildman–Crippen MR) is 65.8 cm³/mol. The number of benzene rings is 1. The molecule has 0 amide bonds. The molecule has 1 aromatic carbocycles. The minimum absolute atomic E-state index is 0.387. The number of rotatable bonds is 4. The molecule has 1 atom stereocenters. The van der Waals surface area contributed by atoms with E-state index in [9.17, 15) is 5.11 Å². The lowest BCUT2D eigenvalue weighted by Gasteiger charge is -2.11. The summed E-state index contributed by atoms with van der Waals surface area (Å²) in [5.41, 5.74) is 1.02. The van der Waals surface area contributed by atoms with Crippen LogP contribution in [0.25, 0.3) is 0 Å². The van der Waals surface area contributed by atoms with Crippen molar-refractivity contribution in [3.05, 3.63) is 28.2 Å². The van der Waals surface area contributed by atoms with Gasteiger partial charge in [-0.05, 0) is 36.8 Å². The monoisotopic (exact) mass is 274 g/mol. The zero-order valence-electron chi connectivity index (χ0n) is 8.46. The first-order chi connectivity index (χ1) is 6.65. The summed E-state index contributed by atoms with van der Waals surface area (Å²) in [5, 5.41) is 9.57. The van der Waals surface area contributed by atoms with E-state index in [1.54, 1.807) is 18.7 Å². The molecule has 0 spiro atoms. The van der Waals surface area contributed by atoms with Gasteiger partial charge in [-0.1, -0.05) is 28.9 Å². The molecule has 0 bridgehead atoms. The Morgan fingerprint density at radius 1 is 1.50 bits per heavy atom. The SMILES string of the molecule is CCCSc1cc(Br)ccc1C(C)O. The van der Waals surface area contributed by atoms with Crippen molar-refractivity contribution in [1.82, 2.24) is 0 Å². The molecule has 78 valence electrons. The topological polar surface area (TPSA) is 20.2 Å². The Kier molecular flexibility index (Phi) is 4.99. The Morgan fingerprint density at radius 3 is 2.79 bits per heavy atom. The molecule has 0 heterocycles. The Hall–Kier alpha value is 0.01000. The lowest BCUT2D eigenvalue weighted by Crippen LogP contribution is -1.94. The van der Waals surface area contributed by atoms with E-state index < -0.39 is 0 Å². The number of aliphatic hydroxyl groups excluding tert-OH is 1. The van der Waals surface area contributed by atoms with E-state index in [0.29, 0.717) is 0 Å². The third kappa shape index (κ3) is 3.30. The fraction of sp³-hybridized carbons (Fsp3) is 0.455. The van der Waals surface area contributed by atoms with Crippen molar-refractivity contribution in [2.45, 2.75) is 31.3 Å². The van der Waals surface area contributed by atoms with Crippen molar-refractivity contribution in [3.8, 4) is 0 Å². The van der Waals surface area contributed by atoms with Crippen LogP contribution in [0.3, 0.4) is 0 Å². The minimum atomic E-state index is -0.387. The van der Waals surface area contributed by atoms with Gasteiger partial charge in [-0.15, -0.1) is 11.8 Å². The van der Waals surface area contributed by atoms with Gasteiger partial charge in [0.1, 0.15) is 0 Å². The number of aliphatic hydroxyl groups is 1. The molecular formula is C11H15BrOS. The van der Waals surface area contributed by atoms with Crippen LogP contribution in [-0.2, 0) is 0 Å². The zero-order valence-corrected chi connectivity index (χ0v) is 10.9. The molecular weight excluding hydrogens is 260 g/mol. The second kappa shape index (κ2) is 5.79. The van der Waals surface area contributed by atoms with Crippen LogP contribution in [-0.4, -0.2) is 10.9 Å². The third-order valence-corrected chi connectivity index (χ3v) is 3.66. The molecule has 0 fully saturated rings. The van der Waals surface area contributed by atoms with E-state index >= 15 is 0 Å². The maximum Gasteiger partial charge on any atom is 0.0772 e. The smallest absolute Gasteiger partial charge is 0.0772 e. The van der Waals surface area contributed by atoms with Gasteiger partial charge in [0, 0.05) is 9.37 Å². The highest BCUT2D eigenvalue weighted by Crippen LogP contribution is 2.30. The van der Waals surface area contributed by atoms with Crippen LogP contribution in [0.5, 0.6) is 0 Å². The lowest BCUT2D eigenvalue weighted by atomic mass is 10.1. The molecule has 0 aliphatic carbocycles. The van der Waals surface area contributed by atoms with Crippen molar-refractivity contribution < 1.29 is 5.11 Å². The first-order valence-corrected chi connectivity index (χ1v) is 6.53. The van der Waals surface area contributed by atoms with Crippen molar-refractivity contribution in [3.63, 3.8) is 0 Å². The largest absolute Gasteiger partial charge is 0.389 e. The van der Waals surface area contributed by atoms with Gasteiger partial charge in [-0.25, -0.2) is 0 Å². The van der Waals surface area contributed by atoms with Gasteiger partial charge < -0.3 is 5.11 Å². The van der Waals surface area contributed by atoms with Crippen LogP contribution in [0.2, 0.25) is 0 Å². The molecule has 3 heteroatoms. The number of hydrogen-bond acceptors (Lipinski definition) is 2. The summed E-state index contributed by atoms with van der Waals surface area (Å²) in [7, 11) is 0. The summed E-state index contributed by atoms with van der Waals surface area (Å²) in [6.07, 6.45) is 0.763. The highest BCUT2D eigenvalue weighted by atomic mass is 79.9. The van der Waals surface area contributed by atoms with Gasteiger partial charge in [0.2, 0.25) is 0 Å². The quantitative estimate of drug-likeness (QED) is 0.838. The first kappa shape index (κ1) is 12.1.